The lowest BCUT2D eigenvalue weighted by Crippen LogP contribution is -2.08. The zero-order valence-corrected chi connectivity index (χ0v) is 8.09. The number of aryl methyl sites for hydroxylation is 1. The van der Waals surface area contributed by atoms with Crippen molar-refractivity contribution in [2.75, 3.05) is 0 Å². The molecule has 0 atom stereocenters. The molecule has 2 N–H and O–H groups in total. The molecule has 5 nitrogen and oxygen atoms in total. The fourth-order valence-electron chi connectivity index (χ4n) is 1.42. The highest BCUT2D eigenvalue weighted by molar-refractivity contribution is 5.09. The summed E-state index contributed by atoms with van der Waals surface area (Å²) in [7, 11) is 1.81. The van der Waals surface area contributed by atoms with Crippen LogP contribution in [-0.2, 0) is 20.1 Å². The molecule has 2 heterocycles. The van der Waals surface area contributed by atoms with Gasteiger partial charge < -0.3 is 10.3 Å². The van der Waals surface area contributed by atoms with Gasteiger partial charge in [-0.3, -0.25) is 0 Å². The van der Waals surface area contributed by atoms with Gasteiger partial charge in [-0.15, -0.1) is 0 Å². The molecule has 0 amide bonds. The van der Waals surface area contributed by atoms with Gasteiger partial charge in [-0.2, -0.15) is 15.0 Å². The Hall–Kier alpha value is -1.62. The molecule has 5 heteroatoms. The van der Waals surface area contributed by atoms with Crippen LogP contribution < -0.4 is 5.73 Å². The molecule has 2 aromatic heterocycles. The van der Waals surface area contributed by atoms with Gasteiger partial charge in [0, 0.05) is 25.5 Å². The van der Waals surface area contributed by atoms with Crippen molar-refractivity contribution in [3.05, 3.63) is 35.9 Å². The number of nitrogens with two attached hydrogens (primary N) is 1. The Morgan fingerprint density at radius 2 is 2.36 bits per heavy atom. The maximum Gasteiger partial charge on any atom is 0.102 e. The Labute approximate surface area is 82.1 Å². The number of hydrogen-bond donors (Lipinski definition) is 1. The van der Waals surface area contributed by atoms with Gasteiger partial charge in [-0.25, -0.2) is 0 Å². The molecular weight excluding hydrogens is 178 g/mol. The van der Waals surface area contributed by atoms with Crippen molar-refractivity contribution in [1.82, 2.24) is 19.6 Å². The summed E-state index contributed by atoms with van der Waals surface area (Å²) in [6.07, 6.45) is 3.76. The lowest BCUT2D eigenvalue weighted by molar-refractivity contribution is 0.633. The summed E-state index contributed by atoms with van der Waals surface area (Å²) >= 11 is 0. The first-order chi connectivity index (χ1) is 6.79. The molecule has 0 saturated heterocycles. The summed E-state index contributed by atoms with van der Waals surface area (Å²) in [6.45, 7) is 1.28. The van der Waals surface area contributed by atoms with Gasteiger partial charge in [-0.05, 0) is 12.1 Å². The SMILES string of the molecule is Cn1ncc(Cn2cccc2CN)n1. The van der Waals surface area contributed by atoms with Crippen molar-refractivity contribution in [2.45, 2.75) is 13.1 Å². The Balaban J connectivity index is 2.18. The molecule has 0 spiro atoms. The summed E-state index contributed by atoms with van der Waals surface area (Å²) in [5.41, 5.74) is 7.64. The van der Waals surface area contributed by atoms with Crippen molar-refractivity contribution in [3.8, 4) is 0 Å². The van der Waals surface area contributed by atoms with E-state index in [1.165, 1.54) is 0 Å². The van der Waals surface area contributed by atoms with E-state index in [2.05, 4.69) is 14.8 Å². The summed E-state index contributed by atoms with van der Waals surface area (Å²) in [5.74, 6) is 0. The average Bonchev–Trinajstić information content (AvgIpc) is 2.76. The van der Waals surface area contributed by atoms with Gasteiger partial charge in [-0.1, -0.05) is 0 Å². The lowest BCUT2D eigenvalue weighted by atomic mass is 10.4. The standard InChI is InChI=1S/C9H13N5/c1-13-11-6-8(12-13)7-14-4-2-3-9(14)5-10/h2-4,6H,5,7,10H2,1H3. The second-order valence-corrected chi connectivity index (χ2v) is 3.16. The molecule has 2 rings (SSSR count). The van der Waals surface area contributed by atoms with Crippen LogP contribution in [0, 0.1) is 0 Å². The van der Waals surface area contributed by atoms with E-state index >= 15 is 0 Å². The van der Waals surface area contributed by atoms with Crippen molar-refractivity contribution in [3.63, 3.8) is 0 Å². The van der Waals surface area contributed by atoms with Gasteiger partial charge in [0.2, 0.25) is 0 Å². The summed E-state index contributed by atoms with van der Waals surface area (Å²) in [6, 6.07) is 3.99. The summed E-state index contributed by atoms with van der Waals surface area (Å²) < 4.78 is 2.07. The van der Waals surface area contributed by atoms with E-state index < -0.39 is 0 Å². The second-order valence-electron chi connectivity index (χ2n) is 3.16. The third-order valence-corrected chi connectivity index (χ3v) is 2.11. The molecule has 0 bridgehead atoms. The molecule has 0 unspecified atom stereocenters. The number of aromatic nitrogens is 4. The average molecular weight is 191 g/mol. The van der Waals surface area contributed by atoms with Crippen LogP contribution in [0.1, 0.15) is 11.4 Å². The first-order valence-corrected chi connectivity index (χ1v) is 4.49. The number of hydrogen-bond acceptors (Lipinski definition) is 3. The molecule has 2 aromatic rings. The molecule has 0 aliphatic rings. The quantitative estimate of drug-likeness (QED) is 0.749. The smallest absolute Gasteiger partial charge is 0.102 e. The largest absolute Gasteiger partial charge is 0.344 e. The Kier molecular flexibility index (Phi) is 2.32. The van der Waals surface area contributed by atoms with E-state index in [4.69, 9.17) is 5.73 Å². The number of rotatable bonds is 3. The van der Waals surface area contributed by atoms with Crippen LogP contribution in [0.2, 0.25) is 0 Å². The molecule has 74 valence electrons. The molecule has 0 radical (unpaired) electrons. The van der Waals surface area contributed by atoms with Crippen LogP contribution >= 0.6 is 0 Å². The molecule has 0 aliphatic heterocycles. The summed E-state index contributed by atoms with van der Waals surface area (Å²) in [4.78, 5) is 1.56. The number of nitrogens with zero attached hydrogens (tertiary/aromatic N) is 4. The van der Waals surface area contributed by atoms with E-state index in [0.717, 1.165) is 17.9 Å². The third kappa shape index (κ3) is 1.67. The van der Waals surface area contributed by atoms with Gasteiger partial charge >= 0.3 is 0 Å². The molecule has 0 saturated carbocycles. The highest BCUT2D eigenvalue weighted by Gasteiger charge is 2.02. The van der Waals surface area contributed by atoms with Gasteiger partial charge in [0.15, 0.2) is 0 Å². The van der Waals surface area contributed by atoms with Crippen LogP contribution in [0.3, 0.4) is 0 Å². The predicted octanol–water partition coefficient (Wildman–Crippen LogP) is 0.124. The Morgan fingerprint density at radius 1 is 1.50 bits per heavy atom. The highest BCUT2D eigenvalue weighted by Crippen LogP contribution is 2.04. The van der Waals surface area contributed by atoms with Crippen LogP contribution in [0.4, 0.5) is 0 Å². The monoisotopic (exact) mass is 191 g/mol. The first kappa shape index (κ1) is 8.96. The highest BCUT2D eigenvalue weighted by atomic mass is 15.4. The zero-order valence-electron chi connectivity index (χ0n) is 8.09. The fourth-order valence-corrected chi connectivity index (χ4v) is 1.42. The Morgan fingerprint density at radius 3 is 3.00 bits per heavy atom. The third-order valence-electron chi connectivity index (χ3n) is 2.11. The first-order valence-electron chi connectivity index (χ1n) is 4.49. The molecule has 0 aromatic carbocycles. The van der Waals surface area contributed by atoms with Crippen LogP contribution in [0.25, 0.3) is 0 Å². The normalized spacial score (nSPS) is 10.7. The minimum Gasteiger partial charge on any atom is -0.344 e. The summed E-state index contributed by atoms with van der Waals surface area (Å²) in [5, 5.41) is 8.22. The van der Waals surface area contributed by atoms with Crippen molar-refractivity contribution >= 4 is 0 Å². The van der Waals surface area contributed by atoms with Crippen LogP contribution in [0.15, 0.2) is 24.5 Å². The minimum absolute atomic E-state index is 0.549. The van der Waals surface area contributed by atoms with Crippen LogP contribution in [0.5, 0.6) is 0 Å². The Bertz CT molecular complexity index is 414. The van der Waals surface area contributed by atoms with E-state index in [0.29, 0.717) is 6.54 Å². The maximum atomic E-state index is 5.59. The van der Waals surface area contributed by atoms with Gasteiger partial charge in [0.25, 0.3) is 0 Å². The van der Waals surface area contributed by atoms with E-state index in [1.807, 2.05) is 25.4 Å². The van der Waals surface area contributed by atoms with Gasteiger partial charge in [0.05, 0.1) is 12.7 Å². The van der Waals surface area contributed by atoms with Gasteiger partial charge in [0.1, 0.15) is 5.69 Å². The van der Waals surface area contributed by atoms with E-state index in [9.17, 15) is 0 Å². The van der Waals surface area contributed by atoms with Crippen molar-refractivity contribution in [2.24, 2.45) is 12.8 Å². The van der Waals surface area contributed by atoms with Crippen molar-refractivity contribution < 1.29 is 0 Å². The molecule has 0 fully saturated rings. The molecular formula is C9H13N5. The second kappa shape index (κ2) is 3.63. The van der Waals surface area contributed by atoms with Crippen LogP contribution in [-0.4, -0.2) is 19.6 Å². The van der Waals surface area contributed by atoms with E-state index in [-0.39, 0.29) is 0 Å². The molecule has 14 heavy (non-hydrogen) atoms. The lowest BCUT2D eigenvalue weighted by Gasteiger charge is -2.04. The fraction of sp³-hybridized carbons (Fsp3) is 0.333. The maximum absolute atomic E-state index is 5.59. The topological polar surface area (TPSA) is 61.7 Å². The van der Waals surface area contributed by atoms with E-state index in [1.54, 1.807) is 11.0 Å². The molecule has 0 aliphatic carbocycles. The minimum atomic E-state index is 0.549. The zero-order chi connectivity index (χ0) is 9.97. The van der Waals surface area contributed by atoms with Crippen molar-refractivity contribution in [1.29, 1.82) is 0 Å². The predicted molar refractivity (Wildman–Crippen MR) is 52.4 cm³/mol.